The summed E-state index contributed by atoms with van der Waals surface area (Å²) in [6, 6.07) is 14.9. The van der Waals surface area contributed by atoms with E-state index >= 15 is 0 Å². The molecule has 2 aliphatic rings. The molecule has 0 saturated heterocycles. The molecule has 2 heterocycles. The normalized spacial score (nSPS) is 15.1. The van der Waals surface area contributed by atoms with Gasteiger partial charge >= 0.3 is 0 Å². The maximum absolute atomic E-state index is 12.9. The molecule has 1 aliphatic heterocycles. The van der Waals surface area contributed by atoms with E-state index in [4.69, 9.17) is 0 Å². The van der Waals surface area contributed by atoms with Crippen molar-refractivity contribution in [2.75, 3.05) is 0 Å². The number of carbonyl (C=O) groups is 1. The first-order valence-corrected chi connectivity index (χ1v) is 14.2. The number of hydrogen-bond acceptors (Lipinski definition) is 1. The third-order valence-corrected chi connectivity index (χ3v) is 7.58. The standard InChI is InChI=1S/C26H24N2OSi/c1-30(2,3)12-11-15-7-6-9-16-18(15)13-19-22(16)20-14-27-26(29)24(20)23-17-8-4-5-10-21(17)28-25(19)23/h4-12,28H,13-14H2,1-3H3,(H,27,29). The van der Waals surface area contributed by atoms with Gasteiger partial charge in [-0.05, 0) is 39.4 Å². The van der Waals surface area contributed by atoms with Gasteiger partial charge in [-0.15, -0.1) is 0 Å². The first-order valence-electron chi connectivity index (χ1n) is 10.6. The van der Waals surface area contributed by atoms with Crippen LogP contribution in [0.4, 0.5) is 0 Å². The third kappa shape index (κ3) is 2.40. The molecular formula is C26H24N2OSi. The van der Waals surface area contributed by atoms with Gasteiger partial charge in [-0.25, -0.2) is 0 Å². The highest BCUT2D eigenvalue weighted by atomic mass is 28.3. The van der Waals surface area contributed by atoms with Gasteiger partial charge in [0.05, 0.1) is 19.2 Å². The quantitative estimate of drug-likeness (QED) is 0.344. The van der Waals surface area contributed by atoms with Crippen LogP contribution in [-0.4, -0.2) is 19.0 Å². The topological polar surface area (TPSA) is 44.9 Å². The number of para-hydroxylation sites is 1. The second-order valence-electron chi connectivity index (χ2n) is 9.56. The van der Waals surface area contributed by atoms with E-state index in [9.17, 15) is 4.79 Å². The molecule has 6 rings (SSSR count). The molecule has 3 aromatic carbocycles. The Kier molecular flexibility index (Phi) is 3.52. The number of H-pyrrole nitrogens is 1. The lowest BCUT2D eigenvalue weighted by Crippen LogP contribution is -2.15. The molecule has 1 aromatic heterocycles. The van der Waals surface area contributed by atoms with Crippen LogP contribution < -0.4 is 5.32 Å². The number of fused-ring (bicyclic) bond motifs is 10. The average Bonchev–Trinajstić information content (AvgIpc) is 3.38. The Morgan fingerprint density at radius 3 is 2.60 bits per heavy atom. The lowest BCUT2D eigenvalue weighted by molar-refractivity contribution is 0.0967. The van der Waals surface area contributed by atoms with Crippen molar-refractivity contribution >= 4 is 41.9 Å². The van der Waals surface area contributed by atoms with Crippen molar-refractivity contribution in [1.82, 2.24) is 10.3 Å². The lowest BCUT2D eigenvalue weighted by Gasteiger charge is -2.11. The van der Waals surface area contributed by atoms with Crippen LogP contribution >= 0.6 is 0 Å². The molecule has 3 nitrogen and oxygen atoms in total. The van der Waals surface area contributed by atoms with E-state index in [-0.39, 0.29) is 5.91 Å². The zero-order valence-electron chi connectivity index (χ0n) is 17.5. The van der Waals surface area contributed by atoms with Crippen LogP contribution in [0.1, 0.15) is 32.6 Å². The number of rotatable bonds is 2. The molecule has 0 spiro atoms. The maximum atomic E-state index is 12.9. The molecule has 1 amide bonds. The van der Waals surface area contributed by atoms with Gasteiger partial charge < -0.3 is 10.3 Å². The van der Waals surface area contributed by atoms with Crippen LogP contribution in [0.15, 0.2) is 48.2 Å². The third-order valence-electron chi connectivity index (χ3n) is 6.41. The van der Waals surface area contributed by atoms with Gasteiger partial charge in [-0.3, -0.25) is 4.79 Å². The van der Waals surface area contributed by atoms with Crippen LogP contribution in [0.5, 0.6) is 0 Å². The van der Waals surface area contributed by atoms with E-state index in [1.165, 1.54) is 27.8 Å². The molecule has 0 bridgehead atoms. The average molecular weight is 409 g/mol. The van der Waals surface area contributed by atoms with Crippen molar-refractivity contribution in [3.63, 3.8) is 0 Å². The van der Waals surface area contributed by atoms with Crippen LogP contribution in [0.2, 0.25) is 19.6 Å². The molecule has 4 aromatic rings. The summed E-state index contributed by atoms with van der Waals surface area (Å²) in [5.74, 6) is 0.0470. The van der Waals surface area contributed by atoms with Crippen molar-refractivity contribution in [3.05, 3.63) is 76.0 Å². The smallest absolute Gasteiger partial charge is 0.252 e. The van der Waals surface area contributed by atoms with Crippen molar-refractivity contribution in [3.8, 4) is 11.1 Å². The Labute approximate surface area is 176 Å². The number of amides is 1. The SMILES string of the molecule is C[Si](C)(C)C=Cc1cccc2c1Cc1c-2c2c(c3c1[nH]c1ccccc13)C(=O)NC2. The molecule has 0 radical (unpaired) electrons. The van der Waals surface area contributed by atoms with E-state index in [0.717, 1.165) is 39.4 Å². The van der Waals surface area contributed by atoms with E-state index in [0.29, 0.717) is 6.54 Å². The van der Waals surface area contributed by atoms with Crippen LogP contribution in [0.3, 0.4) is 0 Å². The zero-order chi connectivity index (χ0) is 20.6. The Morgan fingerprint density at radius 2 is 1.77 bits per heavy atom. The highest BCUT2D eigenvalue weighted by molar-refractivity contribution is 6.81. The molecule has 0 unspecified atom stereocenters. The largest absolute Gasteiger partial charge is 0.354 e. The number of hydrogen-bond donors (Lipinski definition) is 2. The molecule has 1 aliphatic carbocycles. The summed E-state index contributed by atoms with van der Waals surface area (Å²) in [5, 5.41) is 5.31. The van der Waals surface area contributed by atoms with E-state index < -0.39 is 8.07 Å². The minimum atomic E-state index is -1.29. The molecule has 148 valence electrons. The second-order valence-corrected chi connectivity index (χ2v) is 14.6. The van der Waals surface area contributed by atoms with E-state index in [1.54, 1.807) is 0 Å². The lowest BCUT2D eigenvalue weighted by atomic mass is 9.92. The first-order chi connectivity index (χ1) is 14.4. The van der Waals surface area contributed by atoms with Crippen LogP contribution in [-0.2, 0) is 13.0 Å². The monoisotopic (exact) mass is 408 g/mol. The summed E-state index contributed by atoms with van der Waals surface area (Å²) in [7, 11) is -1.29. The van der Waals surface area contributed by atoms with Gasteiger partial charge in [-0.1, -0.05) is 67.8 Å². The maximum Gasteiger partial charge on any atom is 0.252 e. The number of nitrogens with one attached hydrogen (secondary N) is 2. The Bertz CT molecular complexity index is 1420. The van der Waals surface area contributed by atoms with E-state index in [2.05, 4.69) is 78.1 Å². The molecule has 2 N–H and O–H groups in total. The van der Waals surface area contributed by atoms with Crippen molar-refractivity contribution in [1.29, 1.82) is 0 Å². The summed E-state index contributed by atoms with van der Waals surface area (Å²) < 4.78 is 0. The van der Waals surface area contributed by atoms with Crippen LogP contribution in [0, 0.1) is 0 Å². The van der Waals surface area contributed by atoms with Gasteiger partial charge in [0.2, 0.25) is 0 Å². The summed E-state index contributed by atoms with van der Waals surface area (Å²) >= 11 is 0. The Morgan fingerprint density at radius 1 is 0.933 bits per heavy atom. The molecule has 0 fully saturated rings. The zero-order valence-corrected chi connectivity index (χ0v) is 18.5. The number of aromatic nitrogens is 1. The minimum absolute atomic E-state index is 0.0470. The Hall–Kier alpha value is -3.11. The number of benzene rings is 3. The fraction of sp³-hybridized carbons (Fsp3) is 0.192. The van der Waals surface area contributed by atoms with Crippen molar-refractivity contribution in [2.45, 2.75) is 32.6 Å². The van der Waals surface area contributed by atoms with Gasteiger partial charge in [0.1, 0.15) is 0 Å². The fourth-order valence-corrected chi connectivity index (χ4v) is 5.79. The Balaban J connectivity index is 1.68. The number of carbonyl (C=O) groups excluding carboxylic acids is 1. The summed E-state index contributed by atoms with van der Waals surface area (Å²) in [5.41, 5.74) is 13.2. The fourth-order valence-electron chi connectivity index (χ4n) is 5.11. The highest BCUT2D eigenvalue weighted by Gasteiger charge is 2.34. The summed E-state index contributed by atoms with van der Waals surface area (Å²) in [4.78, 5) is 16.5. The molecular weight excluding hydrogens is 384 g/mol. The predicted octanol–water partition coefficient (Wildman–Crippen LogP) is 6.03. The van der Waals surface area contributed by atoms with Gasteiger partial charge in [0.15, 0.2) is 0 Å². The predicted molar refractivity (Wildman–Crippen MR) is 128 cm³/mol. The number of aromatic amines is 1. The van der Waals surface area contributed by atoms with Crippen LogP contribution in [0.25, 0.3) is 39.0 Å². The minimum Gasteiger partial charge on any atom is -0.354 e. The van der Waals surface area contributed by atoms with Crippen molar-refractivity contribution in [2.24, 2.45) is 0 Å². The molecule has 0 atom stereocenters. The molecule has 30 heavy (non-hydrogen) atoms. The summed E-state index contributed by atoms with van der Waals surface area (Å²) in [6.07, 6.45) is 3.23. The second kappa shape index (κ2) is 5.96. The molecule has 0 saturated carbocycles. The summed E-state index contributed by atoms with van der Waals surface area (Å²) in [6.45, 7) is 7.69. The first kappa shape index (κ1) is 17.7. The van der Waals surface area contributed by atoms with E-state index in [1.807, 2.05) is 6.07 Å². The van der Waals surface area contributed by atoms with Gasteiger partial charge in [0, 0.05) is 29.3 Å². The highest BCUT2D eigenvalue weighted by Crippen LogP contribution is 2.48. The van der Waals surface area contributed by atoms with Gasteiger partial charge in [-0.2, -0.15) is 0 Å². The molecule has 4 heteroatoms. The van der Waals surface area contributed by atoms with Gasteiger partial charge in [0.25, 0.3) is 5.91 Å². The van der Waals surface area contributed by atoms with Crippen molar-refractivity contribution < 1.29 is 4.79 Å².